The fourth-order valence-corrected chi connectivity index (χ4v) is 3.18. The van der Waals surface area contributed by atoms with E-state index < -0.39 is 24.0 Å². The Balaban J connectivity index is 2.61. The standard InChI is InChI=1S/C20H36O6/c1-2-3-4-5-8-11-14-17-20(23,24)26-19(22)16-13-10-7-6-9-12-15-18(21)25-17/h17,23-24H,2-16H2,1H3. The van der Waals surface area contributed by atoms with Crippen LogP contribution in [-0.4, -0.2) is 34.2 Å². The SMILES string of the molecule is CCCCCCCCC1OC(=O)CCCCCCCCC(=O)OC1(O)O. The van der Waals surface area contributed by atoms with Crippen LogP contribution >= 0.6 is 0 Å². The lowest BCUT2D eigenvalue weighted by Gasteiger charge is -2.30. The molecule has 0 bridgehead atoms. The van der Waals surface area contributed by atoms with Gasteiger partial charge in [0.15, 0.2) is 6.10 Å². The van der Waals surface area contributed by atoms with Gasteiger partial charge >= 0.3 is 17.9 Å². The lowest BCUT2D eigenvalue weighted by Crippen LogP contribution is -2.48. The van der Waals surface area contributed by atoms with Gasteiger partial charge in [0.05, 0.1) is 0 Å². The van der Waals surface area contributed by atoms with Crippen molar-refractivity contribution in [1.82, 2.24) is 0 Å². The van der Waals surface area contributed by atoms with Gasteiger partial charge in [-0.2, -0.15) is 0 Å². The van der Waals surface area contributed by atoms with Crippen molar-refractivity contribution >= 4 is 11.9 Å². The average molecular weight is 373 g/mol. The predicted molar refractivity (Wildman–Crippen MR) is 98.1 cm³/mol. The number of esters is 2. The summed E-state index contributed by atoms with van der Waals surface area (Å²) in [7, 11) is 0. The van der Waals surface area contributed by atoms with E-state index in [1.807, 2.05) is 0 Å². The Morgan fingerprint density at radius 1 is 0.846 bits per heavy atom. The van der Waals surface area contributed by atoms with Crippen molar-refractivity contribution in [1.29, 1.82) is 0 Å². The summed E-state index contributed by atoms with van der Waals surface area (Å²) in [5.41, 5.74) is 0. The van der Waals surface area contributed by atoms with Crippen LogP contribution in [0.1, 0.15) is 103 Å². The summed E-state index contributed by atoms with van der Waals surface area (Å²) >= 11 is 0. The Labute approximate surface area is 157 Å². The quantitative estimate of drug-likeness (QED) is 0.399. The zero-order chi connectivity index (χ0) is 19.3. The number of ether oxygens (including phenoxy) is 2. The summed E-state index contributed by atoms with van der Waals surface area (Å²) in [6.07, 6.45) is 10.8. The Morgan fingerprint density at radius 3 is 2.04 bits per heavy atom. The van der Waals surface area contributed by atoms with Gasteiger partial charge in [-0.3, -0.25) is 9.59 Å². The van der Waals surface area contributed by atoms with E-state index >= 15 is 0 Å². The molecule has 0 aromatic rings. The van der Waals surface area contributed by atoms with Crippen LogP contribution in [0.3, 0.4) is 0 Å². The van der Waals surface area contributed by atoms with Crippen LogP contribution in [0.25, 0.3) is 0 Å². The first kappa shape index (κ1) is 22.9. The van der Waals surface area contributed by atoms with Gasteiger partial charge in [0.2, 0.25) is 0 Å². The van der Waals surface area contributed by atoms with Crippen molar-refractivity contribution < 1.29 is 29.3 Å². The molecule has 1 aliphatic heterocycles. The topological polar surface area (TPSA) is 93.1 Å². The molecular weight excluding hydrogens is 336 g/mol. The minimum absolute atomic E-state index is 0.139. The normalized spacial score (nSPS) is 23.0. The van der Waals surface area contributed by atoms with Gasteiger partial charge in [0.25, 0.3) is 0 Å². The van der Waals surface area contributed by atoms with Gasteiger partial charge in [0.1, 0.15) is 0 Å². The van der Waals surface area contributed by atoms with Crippen LogP contribution < -0.4 is 0 Å². The molecule has 0 radical (unpaired) electrons. The second-order valence-electron chi connectivity index (χ2n) is 7.29. The molecule has 2 N–H and O–H groups in total. The number of hydrogen-bond donors (Lipinski definition) is 2. The molecule has 0 aromatic carbocycles. The van der Waals surface area contributed by atoms with E-state index in [2.05, 4.69) is 6.92 Å². The molecule has 1 aliphatic rings. The van der Waals surface area contributed by atoms with Gasteiger partial charge in [-0.05, 0) is 25.7 Å². The molecule has 0 aliphatic carbocycles. The minimum atomic E-state index is -2.76. The van der Waals surface area contributed by atoms with Gasteiger partial charge in [-0.15, -0.1) is 0 Å². The second kappa shape index (κ2) is 13.1. The van der Waals surface area contributed by atoms with E-state index in [4.69, 9.17) is 9.47 Å². The van der Waals surface area contributed by atoms with E-state index in [0.29, 0.717) is 12.8 Å². The molecule has 6 heteroatoms. The van der Waals surface area contributed by atoms with Gasteiger partial charge in [-0.1, -0.05) is 64.7 Å². The summed E-state index contributed by atoms with van der Waals surface area (Å²) in [4.78, 5) is 23.9. The summed E-state index contributed by atoms with van der Waals surface area (Å²) < 4.78 is 10.1. The maximum Gasteiger partial charge on any atom is 0.363 e. The highest BCUT2D eigenvalue weighted by Gasteiger charge is 2.41. The van der Waals surface area contributed by atoms with Crippen LogP contribution in [0.4, 0.5) is 0 Å². The predicted octanol–water partition coefficient (Wildman–Crippen LogP) is 3.96. The molecule has 0 aromatic heterocycles. The first-order valence-corrected chi connectivity index (χ1v) is 10.3. The molecule has 1 fully saturated rings. The van der Waals surface area contributed by atoms with Crippen molar-refractivity contribution in [2.45, 2.75) is 115 Å². The molecule has 6 nitrogen and oxygen atoms in total. The van der Waals surface area contributed by atoms with Crippen molar-refractivity contribution in [3.05, 3.63) is 0 Å². The Hall–Kier alpha value is -1.14. The number of cyclic esters (lactones) is 2. The summed E-state index contributed by atoms with van der Waals surface area (Å²) in [5.74, 6) is -3.90. The largest absolute Gasteiger partial charge is 0.452 e. The molecule has 152 valence electrons. The zero-order valence-electron chi connectivity index (χ0n) is 16.2. The van der Waals surface area contributed by atoms with Crippen molar-refractivity contribution in [3.8, 4) is 0 Å². The highest BCUT2D eigenvalue weighted by atomic mass is 16.8. The molecule has 1 unspecified atom stereocenters. The molecule has 1 saturated heterocycles. The molecule has 1 atom stereocenters. The van der Waals surface area contributed by atoms with E-state index in [0.717, 1.165) is 57.8 Å². The Kier molecular flexibility index (Phi) is 11.5. The molecule has 0 spiro atoms. The lowest BCUT2D eigenvalue weighted by molar-refractivity contribution is -0.360. The van der Waals surface area contributed by atoms with Crippen LogP contribution in [0.15, 0.2) is 0 Å². The Morgan fingerprint density at radius 2 is 1.38 bits per heavy atom. The van der Waals surface area contributed by atoms with Gasteiger partial charge in [0, 0.05) is 12.8 Å². The number of unbranched alkanes of at least 4 members (excludes halogenated alkanes) is 5. The maximum atomic E-state index is 12.0. The Bertz CT molecular complexity index is 407. The lowest BCUT2D eigenvalue weighted by atomic mass is 10.1. The van der Waals surface area contributed by atoms with Crippen LogP contribution in [0, 0.1) is 0 Å². The van der Waals surface area contributed by atoms with Crippen molar-refractivity contribution in [2.24, 2.45) is 0 Å². The highest BCUT2D eigenvalue weighted by Crippen LogP contribution is 2.23. The second-order valence-corrected chi connectivity index (χ2v) is 7.29. The van der Waals surface area contributed by atoms with Crippen LogP contribution in [0.5, 0.6) is 0 Å². The number of carbonyl (C=O) groups excluding carboxylic acids is 2. The minimum Gasteiger partial charge on any atom is -0.452 e. The molecule has 0 saturated carbocycles. The molecule has 0 amide bonds. The van der Waals surface area contributed by atoms with Crippen molar-refractivity contribution in [3.63, 3.8) is 0 Å². The summed E-state index contributed by atoms with van der Waals surface area (Å²) in [5, 5.41) is 20.4. The van der Waals surface area contributed by atoms with E-state index in [9.17, 15) is 19.8 Å². The fourth-order valence-electron chi connectivity index (χ4n) is 3.18. The first-order valence-electron chi connectivity index (χ1n) is 10.3. The number of rotatable bonds is 7. The van der Waals surface area contributed by atoms with Gasteiger partial charge in [-0.25, -0.2) is 0 Å². The molecular formula is C20H36O6. The molecule has 1 rings (SSSR count). The fraction of sp³-hybridized carbons (Fsp3) is 0.900. The van der Waals surface area contributed by atoms with E-state index in [-0.39, 0.29) is 19.3 Å². The molecule has 26 heavy (non-hydrogen) atoms. The zero-order valence-corrected chi connectivity index (χ0v) is 16.2. The van der Waals surface area contributed by atoms with E-state index in [1.165, 1.54) is 6.42 Å². The van der Waals surface area contributed by atoms with Crippen LogP contribution in [-0.2, 0) is 19.1 Å². The third-order valence-electron chi connectivity index (χ3n) is 4.79. The van der Waals surface area contributed by atoms with Crippen molar-refractivity contribution in [2.75, 3.05) is 0 Å². The monoisotopic (exact) mass is 372 g/mol. The van der Waals surface area contributed by atoms with Crippen LogP contribution in [0.2, 0.25) is 0 Å². The third-order valence-corrected chi connectivity index (χ3v) is 4.79. The summed E-state index contributed by atoms with van der Waals surface area (Å²) in [6.45, 7) is 2.15. The number of aliphatic hydroxyl groups is 2. The smallest absolute Gasteiger partial charge is 0.363 e. The number of hydrogen-bond acceptors (Lipinski definition) is 6. The average Bonchev–Trinajstić information content (AvgIpc) is 2.58. The van der Waals surface area contributed by atoms with Gasteiger partial charge < -0.3 is 19.7 Å². The number of carbonyl (C=O) groups is 2. The maximum absolute atomic E-state index is 12.0. The molecule has 1 heterocycles. The summed E-state index contributed by atoms with van der Waals surface area (Å²) in [6, 6.07) is 0. The highest BCUT2D eigenvalue weighted by molar-refractivity contribution is 5.70. The van der Waals surface area contributed by atoms with E-state index in [1.54, 1.807) is 0 Å². The first-order chi connectivity index (χ1) is 12.5. The third kappa shape index (κ3) is 10.1.